The van der Waals surface area contributed by atoms with Gasteiger partial charge in [0.15, 0.2) is 0 Å². The quantitative estimate of drug-likeness (QED) is 0.235. The third kappa shape index (κ3) is 4.24. The van der Waals surface area contributed by atoms with Gasteiger partial charge in [0.1, 0.15) is 17.3 Å². The van der Waals surface area contributed by atoms with Crippen LogP contribution < -0.4 is 0 Å². The van der Waals surface area contributed by atoms with E-state index in [2.05, 4.69) is 56.9 Å². The molecule has 3 saturated carbocycles. The molecule has 0 aromatic carbocycles. The zero-order chi connectivity index (χ0) is 26.6. The molecular formula is C32H49NO5. The highest BCUT2D eigenvalue weighted by Gasteiger charge is 2.74. The fourth-order valence-electron chi connectivity index (χ4n) is 9.47. The van der Waals surface area contributed by atoms with Crippen molar-refractivity contribution in [2.75, 3.05) is 32.8 Å². The van der Waals surface area contributed by atoms with Crippen molar-refractivity contribution < 1.29 is 24.0 Å². The molecule has 4 aliphatic carbocycles. The number of fused-ring (bicyclic) bond motifs is 2. The Morgan fingerprint density at radius 2 is 1.84 bits per heavy atom. The van der Waals surface area contributed by atoms with Crippen molar-refractivity contribution in [2.45, 2.75) is 103 Å². The molecule has 6 nitrogen and oxygen atoms in total. The molecule has 0 amide bonds. The van der Waals surface area contributed by atoms with Gasteiger partial charge >= 0.3 is 5.97 Å². The van der Waals surface area contributed by atoms with E-state index in [4.69, 9.17) is 19.2 Å². The fourth-order valence-corrected chi connectivity index (χ4v) is 9.47. The largest absolute Gasteiger partial charge is 0.461 e. The maximum atomic E-state index is 12.8. The van der Waals surface area contributed by atoms with E-state index in [-0.39, 0.29) is 28.5 Å². The molecule has 2 bridgehead atoms. The van der Waals surface area contributed by atoms with Gasteiger partial charge in [-0.3, -0.25) is 9.69 Å². The van der Waals surface area contributed by atoms with E-state index in [9.17, 15) is 4.79 Å². The maximum absolute atomic E-state index is 12.8. The van der Waals surface area contributed by atoms with Crippen molar-refractivity contribution >= 4 is 5.97 Å². The molecule has 0 radical (unpaired) electrons. The van der Waals surface area contributed by atoms with Gasteiger partial charge in [-0.05, 0) is 74.7 Å². The van der Waals surface area contributed by atoms with Crippen LogP contribution in [0, 0.1) is 34.5 Å². The van der Waals surface area contributed by atoms with Crippen LogP contribution in [-0.4, -0.2) is 61.0 Å². The number of hydrogen-bond donors (Lipinski definition) is 0. The topological polar surface area (TPSA) is 57.2 Å². The van der Waals surface area contributed by atoms with Crippen LogP contribution in [0.5, 0.6) is 0 Å². The predicted octanol–water partition coefficient (Wildman–Crippen LogP) is 5.86. The Bertz CT molecular complexity index is 957. The molecule has 7 aliphatic rings. The summed E-state index contributed by atoms with van der Waals surface area (Å²) >= 11 is 0. The van der Waals surface area contributed by atoms with Crippen LogP contribution >= 0.6 is 0 Å². The minimum Gasteiger partial charge on any atom is -0.461 e. The van der Waals surface area contributed by atoms with E-state index in [1.807, 2.05) is 0 Å². The van der Waals surface area contributed by atoms with Crippen LogP contribution in [0.3, 0.4) is 0 Å². The third-order valence-corrected chi connectivity index (χ3v) is 11.7. The van der Waals surface area contributed by atoms with E-state index < -0.39 is 5.60 Å². The SMILES string of the molecule is CC(C)C/C=C/CC1CCC2C1(C)CCC1C3(C)CCC(OC(=O)CN4CCOCC4)C[C@]34C=C[C@]21OO4. The van der Waals surface area contributed by atoms with E-state index in [1.165, 1.54) is 38.5 Å². The molecule has 2 spiro atoms. The first-order chi connectivity index (χ1) is 18.2. The summed E-state index contributed by atoms with van der Waals surface area (Å²) in [5.41, 5.74) is -0.539. The number of rotatable bonds is 7. The smallest absolute Gasteiger partial charge is 0.320 e. The van der Waals surface area contributed by atoms with E-state index in [0.29, 0.717) is 43.9 Å². The summed E-state index contributed by atoms with van der Waals surface area (Å²) in [5.74, 6) is 2.25. The average molecular weight is 528 g/mol. The minimum atomic E-state index is -0.507. The van der Waals surface area contributed by atoms with Crippen LogP contribution in [0.1, 0.15) is 85.5 Å². The van der Waals surface area contributed by atoms with Gasteiger partial charge in [0.05, 0.1) is 19.8 Å². The van der Waals surface area contributed by atoms with Gasteiger partial charge in [-0.15, -0.1) is 0 Å². The van der Waals surface area contributed by atoms with Gasteiger partial charge < -0.3 is 9.47 Å². The van der Waals surface area contributed by atoms with Gasteiger partial charge in [-0.1, -0.05) is 45.9 Å². The average Bonchev–Trinajstić information content (AvgIpc) is 3.24. The van der Waals surface area contributed by atoms with Gasteiger partial charge in [-0.2, -0.15) is 0 Å². The Morgan fingerprint density at radius 3 is 2.58 bits per heavy atom. The minimum absolute atomic E-state index is 0.00367. The van der Waals surface area contributed by atoms with Crippen LogP contribution in [0.4, 0.5) is 0 Å². The van der Waals surface area contributed by atoms with Crippen LogP contribution in [0.15, 0.2) is 24.3 Å². The Kier molecular flexibility index (Phi) is 7.11. The molecule has 3 aliphatic heterocycles. The number of carbonyl (C=O) groups excluding carboxylic acids is 1. The first kappa shape index (κ1) is 27.0. The molecule has 6 unspecified atom stereocenters. The number of esters is 1. The summed E-state index contributed by atoms with van der Waals surface area (Å²) in [4.78, 5) is 28.0. The molecule has 38 heavy (non-hydrogen) atoms. The van der Waals surface area contributed by atoms with E-state index in [0.717, 1.165) is 31.8 Å². The molecule has 0 N–H and O–H groups in total. The molecule has 0 aromatic heterocycles. The zero-order valence-electron chi connectivity index (χ0n) is 24.1. The van der Waals surface area contributed by atoms with Crippen LogP contribution in [0.25, 0.3) is 0 Å². The highest BCUT2D eigenvalue weighted by molar-refractivity contribution is 5.72. The Balaban J connectivity index is 1.16. The number of ether oxygens (including phenoxy) is 2. The van der Waals surface area contributed by atoms with Gasteiger partial charge in [-0.25, -0.2) is 9.78 Å². The van der Waals surface area contributed by atoms with Crippen molar-refractivity contribution in [1.82, 2.24) is 4.90 Å². The molecule has 5 fully saturated rings. The highest BCUT2D eigenvalue weighted by atomic mass is 17.2. The van der Waals surface area contributed by atoms with Crippen molar-refractivity contribution in [3.8, 4) is 0 Å². The zero-order valence-corrected chi connectivity index (χ0v) is 24.1. The third-order valence-electron chi connectivity index (χ3n) is 11.7. The number of allylic oxidation sites excluding steroid dienone is 2. The predicted molar refractivity (Wildman–Crippen MR) is 146 cm³/mol. The van der Waals surface area contributed by atoms with Crippen molar-refractivity contribution in [3.05, 3.63) is 24.3 Å². The lowest BCUT2D eigenvalue weighted by Gasteiger charge is -2.69. The number of carbonyl (C=O) groups is 1. The number of hydrogen-bond acceptors (Lipinski definition) is 6. The van der Waals surface area contributed by atoms with E-state index in [1.54, 1.807) is 0 Å². The molecule has 3 heterocycles. The van der Waals surface area contributed by atoms with Crippen molar-refractivity contribution in [3.63, 3.8) is 0 Å². The van der Waals surface area contributed by atoms with Gasteiger partial charge in [0, 0.05) is 36.8 Å². The van der Waals surface area contributed by atoms with E-state index >= 15 is 0 Å². The Morgan fingerprint density at radius 1 is 1.03 bits per heavy atom. The summed E-state index contributed by atoms with van der Waals surface area (Å²) in [6, 6.07) is 0. The number of nitrogens with zero attached hydrogens (tertiary/aromatic N) is 1. The fraction of sp³-hybridized carbons (Fsp3) is 0.844. The van der Waals surface area contributed by atoms with Crippen LogP contribution in [0.2, 0.25) is 0 Å². The Hall–Kier alpha value is -1.21. The lowest BCUT2D eigenvalue weighted by Crippen LogP contribution is -2.73. The molecular weight excluding hydrogens is 478 g/mol. The monoisotopic (exact) mass is 527 g/mol. The molecule has 6 heteroatoms. The van der Waals surface area contributed by atoms with Gasteiger partial charge in [0.2, 0.25) is 0 Å². The second kappa shape index (κ2) is 10.0. The van der Waals surface area contributed by atoms with Crippen LogP contribution in [-0.2, 0) is 24.0 Å². The second-order valence-electron chi connectivity index (χ2n) is 14.2. The molecule has 7 rings (SSSR count). The lowest BCUT2D eigenvalue weighted by molar-refractivity contribution is -0.497. The first-order valence-electron chi connectivity index (χ1n) is 15.4. The maximum Gasteiger partial charge on any atom is 0.320 e. The summed E-state index contributed by atoms with van der Waals surface area (Å²) in [6.45, 7) is 12.9. The van der Waals surface area contributed by atoms with Crippen molar-refractivity contribution in [1.29, 1.82) is 0 Å². The Labute approximate surface area is 229 Å². The summed E-state index contributed by atoms with van der Waals surface area (Å²) in [5, 5.41) is 0. The molecule has 2 saturated heterocycles. The first-order valence-corrected chi connectivity index (χ1v) is 15.4. The van der Waals surface area contributed by atoms with Gasteiger partial charge in [0.25, 0.3) is 0 Å². The summed E-state index contributed by atoms with van der Waals surface area (Å²) < 4.78 is 11.4. The highest BCUT2D eigenvalue weighted by Crippen LogP contribution is 2.72. The summed E-state index contributed by atoms with van der Waals surface area (Å²) in [7, 11) is 0. The summed E-state index contributed by atoms with van der Waals surface area (Å²) in [6.07, 6.45) is 19.4. The molecule has 0 aromatic rings. The standard InChI is InChI=1S/C32H49NO5/c1-23(2)7-5-6-8-24-9-10-26-29(24,3)13-12-27-30(4)14-11-25(21-31(30)15-16-32(26,27)38-37-31)36-28(34)22-33-17-19-35-20-18-33/h5-6,15-16,23-27H,7-14,17-22H2,1-4H3/b6-5+/t24?,25?,26?,27?,29?,30?,31-,32+/m1/s1. The lowest BCUT2D eigenvalue weighted by atomic mass is 9.43. The normalized spacial score (nSPS) is 46.2. The molecule has 212 valence electrons. The molecule has 8 atom stereocenters. The number of morpholine rings is 1. The van der Waals surface area contributed by atoms with Crippen molar-refractivity contribution in [2.24, 2.45) is 34.5 Å². The second-order valence-corrected chi connectivity index (χ2v) is 14.2.